The summed E-state index contributed by atoms with van der Waals surface area (Å²) in [5, 5.41) is 19.5. The number of rotatable bonds is 5. The Morgan fingerprint density at radius 1 is 0.909 bits per heavy atom. The molecule has 0 radical (unpaired) electrons. The van der Waals surface area contributed by atoms with Crippen molar-refractivity contribution in [3.63, 3.8) is 0 Å². The molecule has 2 unspecified atom stereocenters. The predicted molar refractivity (Wildman–Crippen MR) is 178 cm³/mol. The Balaban J connectivity index is 0.000000198. The van der Waals surface area contributed by atoms with Gasteiger partial charge < -0.3 is 25.0 Å². The van der Waals surface area contributed by atoms with Crippen molar-refractivity contribution in [3.05, 3.63) is 116 Å². The maximum absolute atomic E-state index is 8.56. The molecule has 0 amide bonds. The molecule has 0 bridgehead atoms. The predicted octanol–water partition coefficient (Wildman–Crippen LogP) is 8.25. The smallest absolute Gasteiger partial charge is 0.510 e. The van der Waals surface area contributed by atoms with Crippen molar-refractivity contribution < 1.29 is 30.3 Å². The molecule has 2 heterocycles. The maximum Gasteiger partial charge on any atom is 3.00 e. The zero-order chi connectivity index (χ0) is 30.8. The van der Waals surface area contributed by atoms with E-state index < -0.39 is 0 Å². The molecule has 0 spiro atoms. The van der Waals surface area contributed by atoms with Crippen molar-refractivity contribution in [2.75, 3.05) is 11.9 Å². The summed E-state index contributed by atoms with van der Waals surface area (Å²) in [6.45, 7) is 10.3. The van der Waals surface area contributed by atoms with Crippen LogP contribution in [-0.4, -0.2) is 39.4 Å². The van der Waals surface area contributed by atoms with Gasteiger partial charge in [0.2, 0.25) is 0 Å². The van der Waals surface area contributed by atoms with Gasteiger partial charge in [0, 0.05) is 11.9 Å². The van der Waals surface area contributed by atoms with Crippen LogP contribution in [0.3, 0.4) is 0 Å². The number of hydrogen-bond acceptors (Lipinski definition) is 5. The number of anilines is 1. The number of aliphatic hydroxyl groups is 2. The van der Waals surface area contributed by atoms with Crippen molar-refractivity contribution in [1.29, 1.82) is 0 Å². The first kappa shape index (κ1) is 35.5. The van der Waals surface area contributed by atoms with Crippen molar-refractivity contribution in [2.45, 2.75) is 72.0 Å². The third kappa shape index (κ3) is 10.6. The quantitative estimate of drug-likeness (QED) is 0.201. The van der Waals surface area contributed by atoms with Crippen LogP contribution >= 0.6 is 0 Å². The molecule has 44 heavy (non-hydrogen) atoms. The number of para-hydroxylation sites is 1. The minimum Gasteiger partial charge on any atom is -0.510 e. The van der Waals surface area contributed by atoms with Crippen molar-refractivity contribution in [3.8, 4) is 11.3 Å². The first-order valence-electron chi connectivity index (χ1n) is 15.3. The van der Waals surface area contributed by atoms with Gasteiger partial charge in [0.25, 0.3) is 0 Å². The van der Waals surface area contributed by atoms with Crippen LogP contribution in [0.2, 0.25) is 0 Å². The summed E-state index contributed by atoms with van der Waals surface area (Å²) in [7, 11) is 2.11. The maximum atomic E-state index is 8.56. The molecule has 3 aromatic carbocycles. The number of benzene rings is 3. The van der Waals surface area contributed by atoms with Gasteiger partial charge in [0.05, 0.1) is 12.2 Å². The van der Waals surface area contributed by atoms with E-state index in [1.165, 1.54) is 42.2 Å². The van der Waals surface area contributed by atoms with E-state index in [9.17, 15) is 0 Å². The van der Waals surface area contributed by atoms with E-state index in [1.54, 1.807) is 13.8 Å². The van der Waals surface area contributed by atoms with Gasteiger partial charge in [0.1, 0.15) is 0 Å². The summed E-state index contributed by atoms with van der Waals surface area (Å²) in [6.07, 6.45) is 9.15. The Morgan fingerprint density at radius 2 is 1.52 bits per heavy atom. The molecule has 2 atom stereocenters. The van der Waals surface area contributed by atoms with Gasteiger partial charge in [-0.15, -0.1) is 41.6 Å². The fraction of sp³-hybridized carbons (Fsp3) is 0.368. The summed E-state index contributed by atoms with van der Waals surface area (Å²) in [6, 6.07) is 33.0. The third-order valence-corrected chi connectivity index (χ3v) is 7.92. The van der Waals surface area contributed by atoms with Gasteiger partial charge >= 0.3 is 20.1 Å². The van der Waals surface area contributed by atoms with Gasteiger partial charge in [-0.3, -0.25) is 0 Å². The molecular formula is C38H46IrN3O2. The van der Waals surface area contributed by atoms with Crippen LogP contribution < -0.4 is 4.90 Å². The number of nitrogens with zero attached hydrogens (tertiary/aromatic N) is 3. The fourth-order valence-corrected chi connectivity index (χ4v) is 5.56. The Bertz CT molecular complexity index is 1420. The van der Waals surface area contributed by atoms with E-state index in [-0.39, 0.29) is 32.3 Å². The molecule has 1 fully saturated rings. The van der Waals surface area contributed by atoms with Crippen LogP contribution in [0.25, 0.3) is 22.0 Å². The second-order valence-corrected chi connectivity index (χ2v) is 12.5. The number of fused-ring (bicyclic) bond motifs is 1. The van der Waals surface area contributed by atoms with E-state index in [0.717, 1.165) is 16.9 Å². The average molecular weight is 769 g/mol. The molecule has 1 saturated carbocycles. The van der Waals surface area contributed by atoms with E-state index in [1.807, 2.05) is 54.7 Å². The Morgan fingerprint density at radius 3 is 2.09 bits per heavy atom. The van der Waals surface area contributed by atoms with Crippen LogP contribution in [0.1, 0.15) is 59.8 Å². The molecule has 2 N–H and O–H groups in total. The molecule has 1 aromatic heterocycles. The first-order chi connectivity index (χ1) is 20.6. The van der Waals surface area contributed by atoms with Gasteiger partial charge in [-0.1, -0.05) is 44.2 Å². The number of pyridine rings is 1. The molecule has 234 valence electrons. The summed E-state index contributed by atoms with van der Waals surface area (Å²) >= 11 is 0. The monoisotopic (exact) mass is 769 g/mol. The van der Waals surface area contributed by atoms with Crippen LogP contribution in [0.15, 0.2) is 97.0 Å². The Hall–Kier alpha value is -3.02. The fourth-order valence-electron chi connectivity index (χ4n) is 5.56. The molecule has 5 nitrogen and oxygen atoms in total. The number of aromatic nitrogens is 1. The van der Waals surface area contributed by atoms with Crippen LogP contribution in [0.4, 0.5) is 5.69 Å². The van der Waals surface area contributed by atoms with Gasteiger partial charge in [-0.25, -0.2) is 0 Å². The molecule has 6 heteroatoms. The molecule has 1 aliphatic carbocycles. The number of aliphatic hydroxyl groups excluding tert-OH is 2. The first-order valence-corrected chi connectivity index (χ1v) is 15.3. The van der Waals surface area contributed by atoms with Crippen molar-refractivity contribution in [1.82, 2.24) is 9.88 Å². The van der Waals surface area contributed by atoms with Gasteiger partial charge in [-0.05, 0) is 87.0 Å². The van der Waals surface area contributed by atoms with E-state index in [0.29, 0.717) is 17.8 Å². The van der Waals surface area contributed by atoms with Gasteiger partial charge in [0.15, 0.2) is 0 Å². The molecule has 1 aliphatic heterocycles. The van der Waals surface area contributed by atoms with Crippen molar-refractivity contribution >= 4 is 16.5 Å². The van der Waals surface area contributed by atoms with Gasteiger partial charge in [-0.2, -0.15) is 37.0 Å². The minimum absolute atomic E-state index is 0. The molecule has 0 saturated heterocycles. The second-order valence-electron chi connectivity index (χ2n) is 12.5. The summed E-state index contributed by atoms with van der Waals surface area (Å²) in [5.74, 6) is 0.679. The molecule has 6 rings (SSSR count). The van der Waals surface area contributed by atoms with E-state index >= 15 is 0 Å². The standard InChI is InChI=1S/C18H24N2.C15H10N.C5H12O2.Ir/c1-18(2)11-9-15(10-12-18)17-13-19(3)14-20(17)16-7-5-4-6-8-16;1-2-6-12(7-3-1)15-10-13-8-4-5-9-14(13)11-16-15;1-4(6)3-5(2)7;/h4-7,13-15H,9-12H2,1-3H3;1-6,8-11H;4-7H,3H2,1-2H3;/q-2;-1;;+3. The zero-order valence-corrected chi connectivity index (χ0v) is 29.0. The summed E-state index contributed by atoms with van der Waals surface area (Å²) < 4.78 is 0. The second kappa shape index (κ2) is 16.9. The topological polar surface area (TPSA) is 59.8 Å². The third-order valence-electron chi connectivity index (χ3n) is 7.92. The number of allylic oxidation sites excluding steroid dienone is 1. The van der Waals surface area contributed by atoms with Crippen molar-refractivity contribution in [2.24, 2.45) is 11.3 Å². The molecular weight excluding hydrogens is 723 g/mol. The normalized spacial score (nSPS) is 17.3. The largest absolute Gasteiger partial charge is 3.00 e. The number of hydrogen-bond donors (Lipinski definition) is 2. The summed E-state index contributed by atoms with van der Waals surface area (Å²) in [4.78, 5) is 8.92. The van der Waals surface area contributed by atoms with E-state index in [2.05, 4.69) is 91.0 Å². The Labute approximate surface area is 278 Å². The molecule has 2 aliphatic rings. The zero-order valence-electron chi connectivity index (χ0n) is 26.6. The molecule has 4 aromatic rings. The SMILES string of the molecule is CC(O)CC(C)O.CN1C=C(C2CCC(C)(C)CC2)N(c2[c-]cccc2)[CH-]1.[Ir+3].[c-]1ccccc1-c1cc2ccccc2cn1. The van der Waals surface area contributed by atoms with Crippen LogP contribution in [0, 0.1) is 30.1 Å². The van der Waals surface area contributed by atoms with E-state index in [4.69, 9.17) is 10.2 Å². The average Bonchev–Trinajstić information content (AvgIpc) is 3.39. The van der Waals surface area contributed by atoms with Crippen LogP contribution in [0.5, 0.6) is 0 Å². The summed E-state index contributed by atoms with van der Waals surface area (Å²) in [5.41, 5.74) is 5.11. The minimum atomic E-state index is -0.375. The Kier molecular flexibility index (Phi) is 13.6. The van der Waals surface area contributed by atoms with Crippen LogP contribution in [-0.2, 0) is 20.1 Å².